The molecule has 4 aromatic carbocycles. The van der Waals surface area contributed by atoms with Gasteiger partial charge in [0.25, 0.3) is 0 Å². The molecule has 71 heavy (non-hydrogen) atoms. The molecule has 0 bridgehead atoms. The van der Waals surface area contributed by atoms with Crippen LogP contribution in [0.15, 0.2) is 72.8 Å². The van der Waals surface area contributed by atoms with Gasteiger partial charge in [-0.1, -0.05) is 88.4 Å². The van der Waals surface area contributed by atoms with E-state index in [4.69, 9.17) is 24.1 Å². The summed E-state index contributed by atoms with van der Waals surface area (Å²) in [6.45, 7) is 32.2. The third kappa shape index (κ3) is 14.5. The van der Waals surface area contributed by atoms with E-state index in [0.29, 0.717) is 31.8 Å². The van der Waals surface area contributed by atoms with Crippen molar-refractivity contribution in [2.45, 2.75) is 188 Å². The average molecular weight is 1020 g/mol. The van der Waals surface area contributed by atoms with Crippen LogP contribution in [-0.4, -0.2) is 92.5 Å². The average Bonchev–Trinajstić information content (AvgIpc) is 3.66. The quantitative estimate of drug-likeness (QED) is 0.0827. The van der Waals surface area contributed by atoms with Crippen LogP contribution in [0.25, 0.3) is 0 Å². The van der Waals surface area contributed by atoms with E-state index < -0.39 is 41.1 Å². The Kier molecular flexibility index (Phi) is 20.3. The minimum absolute atomic E-state index is 0.0506. The van der Waals surface area contributed by atoms with Gasteiger partial charge >= 0.3 is 0 Å². The van der Waals surface area contributed by atoms with Gasteiger partial charge in [-0.3, -0.25) is 0 Å². The molecule has 1 saturated heterocycles. The van der Waals surface area contributed by atoms with Crippen molar-refractivity contribution in [3.05, 3.63) is 128 Å². The number of aliphatic hydroxyl groups is 2. The minimum Gasteiger partial charge on any atom is -0.491 e. The molecular weight excluding hydrogens is 933 g/mol. The molecule has 2 atom stereocenters. The standard InChI is InChI=1S/C31H46O5S.C28H42O5S/c1-10-31(11-2,25-13-12-24(22(3)18-25)16-17-37(32,33)29(5,6)7)26-14-15-28(23(4)19-26)34-20-27-21-35-30(8,9)36-27;1-8-28(9-2,24-12-13-26(21(4)17-24)33-19-25(30)18-29)23-11-10-22(20(3)16-23)14-15-34(31,32)27(5,6)7/h12-15,18-19,27H,10-11,16-17,20-21H2,1-9H3;10-13,16-17,25,29-30H,8-9,14-15,18-19H2,1-7H3/t27-;25-/m10/s1. The Morgan fingerprint density at radius 1 is 0.606 bits per heavy atom. The molecule has 2 N–H and O–H groups in total. The molecule has 4 aromatic rings. The van der Waals surface area contributed by atoms with Crippen molar-refractivity contribution in [1.82, 2.24) is 0 Å². The molecule has 0 aromatic heterocycles. The number of ether oxygens (including phenoxy) is 4. The van der Waals surface area contributed by atoms with Crippen LogP contribution in [0.3, 0.4) is 0 Å². The highest BCUT2D eigenvalue weighted by Gasteiger charge is 2.36. The molecule has 10 nitrogen and oxygen atoms in total. The number of aryl methyl sites for hydroxylation is 6. The zero-order valence-electron chi connectivity index (χ0n) is 46.0. The van der Waals surface area contributed by atoms with E-state index in [1.54, 1.807) is 41.5 Å². The molecule has 1 aliphatic rings. The summed E-state index contributed by atoms with van der Waals surface area (Å²) in [4.78, 5) is 0. The molecule has 5 rings (SSSR count). The van der Waals surface area contributed by atoms with E-state index in [-0.39, 0.29) is 41.7 Å². The number of hydrogen-bond donors (Lipinski definition) is 2. The van der Waals surface area contributed by atoms with Gasteiger partial charge < -0.3 is 29.2 Å². The summed E-state index contributed by atoms with van der Waals surface area (Å²) >= 11 is 0. The predicted octanol–water partition coefficient (Wildman–Crippen LogP) is 11.6. The fourth-order valence-electron chi connectivity index (χ4n) is 9.60. The highest BCUT2D eigenvalue weighted by molar-refractivity contribution is 7.93. The molecule has 396 valence electrons. The van der Waals surface area contributed by atoms with Gasteiger partial charge in [0, 0.05) is 10.8 Å². The zero-order chi connectivity index (χ0) is 53.4. The molecule has 1 heterocycles. The van der Waals surface area contributed by atoms with E-state index in [1.165, 1.54) is 22.3 Å². The summed E-state index contributed by atoms with van der Waals surface area (Å²) in [6.07, 6.45) is 3.85. The lowest BCUT2D eigenvalue weighted by molar-refractivity contribution is -0.141. The van der Waals surface area contributed by atoms with Crippen LogP contribution in [-0.2, 0) is 52.8 Å². The maximum atomic E-state index is 12.6. The molecule has 1 fully saturated rings. The van der Waals surface area contributed by atoms with Crippen molar-refractivity contribution in [3.63, 3.8) is 0 Å². The summed E-state index contributed by atoms with van der Waals surface area (Å²) in [5.74, 6) is 1.33. The molecule has 1 aliphatic heterocycles. The number of benzene rings is 4. The largest absolute Gasteiger partial charge is 0.491 e. The lowest BCUT2D eigenvalue weighted by atomic mass is 9.70. The van der Waals surface area contributed by atoms with Gasteiger partial charge in [0.05, 0.1) is 34.2 Å². The van der Waals surface area contributed by atoms with Crippen molar-refractivity contribution < 1.29 is 46.0 Å². The number of hydrogen-bond acceptors (Lipinski definition) is 10. The molecule has 0 amide bonds. The van der Waals surface area contributed by atoms with Gasteiger partial charge in [-0.15, -0.1) is 0 Å². The minimum atomic E-state index is -3.17. The number of sulfone groups is 2. The Morgan fingerprint density at radius 2 is 0.972 bits per heavy atom. The zero-order valence-corrected chi connectivity index (χ0v) is 47.7. The van der Waals surface area contributed by atoms with Crippen LogP contribution < -0.4 is 9.47 Å². The predicted molar refractivity (Wildman–Crippen MR) is 291 cm³/mol. The molecule has 0 unspecified atom stereocenters. The molecule has 0 radical (unpaired) electrons. The van der Waals surface area contributed by atoms with Crippen molar-refractivity contribution in [2.75, 3.05) is 37.9 Å². The molecule has 0 saturated carbocycles. The second-order valence-electron chi connectivity index (χ2n) is 22.1. The summed E-state index contributed by atoms with van der Waals surface area (Å²) in [5.41, 5.74) is 11.2. The van der Waals surface area contributed by atoms with Crippen LogP contribution in [0.4, 0.5) is 0 Å². The first kappa shape index (κ1) is 59.8. The Labute approximate surface area is 429 Å². The van der Waals surface area contributed by atoms with E-state index in [2.05, 4.69) is 115 Å². The van der Waals surface area contributed by atoms with Crippen molar-refractivity contribution in [2.24, 2.45) is 0 Å². The fourth-order valence-corrected chi connectivity index (χ4v) is 11.8. The maximum absolute atomic E-state index is 12.6. The molecule has 0 aliphatic carbocycles. The molecular formula is C59H88O10S2. The molecule has 12 heteroatoms. The molecule has 0 spiro atoms. The Bertz CT molecular complexity index is 2610. The fraction of sp³-hybridized carbons (Fsp3) is 0.593. The van der Waals surface area contributed by atoms with Gasteiger partial charge in [-0.2, -0.15) is 0 Å². The van der Waals surface area contributed by atoms with Crippen LogP contribution >= 0.6 is 0 Å². The Balaban J connectivity index is 0.000000310. The van der Waals surface area contributed by atoms with Crippen LogP contribution in [0, 0.1) is 27.7 Å². The highest BCUT2D eigenvalue weighted by Crippen LogP contribution is 2.43. The smallest absolute Gasteiger partial charge is 0.163 e. The summed E-state index contributed by atoms with van der Waals surface area (Å²) < 4.78 is 72.2. The van der Waals surface area contributed by atoms with Gasteiger partial charge in [-0.05, 0) is 189 Å². The van der Waals surface area contributed by atoms with Crippen molar-refractivity contribution >= 4 is 19.7 Å². The first-order chi connectivity index (χ1) is 32.9. The van der Waals surface area contributed by atoms with E-state index in [1.807, 2.05) is 26.8 Å². The van der Waals surface area contributed by atoms with Gasteiger partial charge in [-0.25, -0.2) is 16.8 Å². The third-order valence-electron chi connectivity index (χ3n) is 14.9. The van der Waals surface area contributed by atoms with E-state index >= 15 is 0 Å². The van der Waals surface area contributed by atoms with Crippen LogP contribution in [0.5, 0.6) is 11.5 Å². The Morgan fingerprint density at radius 3 is 1.28 bits per heavy atom. The summed E-state index contributed by atoms with van der Waals surface area (Å²) in [5, 5.41) is 18.6. The first-order valence-electron chi connectivity index (χ1n) is 25.7. The van der Waals surface area contributed by atoms with E-state index in [0.717, 1.165) is 64.8 Å². The topological polar surface area (TPSA) is 146 Å². The second-order valence-corrected chi connectivity index (χ2v) is 27.8. The lowest BCUT2D eigenvalue weighted by Gasteiger charge is -2.34. The SMILES string of the molecule is CCC(CC)(c1ccc(CCS(=O)(=O)C(C)(C)C)c(C)c1)c1ccc(OC[C@@H](O)CO)c(C)c1.CCC(CC)(c1ccc(CCS(=O)(=O)C(C)(C)C)c(C)c1)c1ccc(OC[C@@H]2COC(C)(C)O2)c(C)c1. The van der Waals surface area contributed by atoms with Gasteiger partial charge in [0.2, 0.25) is 0 Å². The van der Waals surface area contributed by atoms with Crippen molar-refractivity contribution in [1.29, 1.82) is 0 Å². The normalized spacial score (nSPS) is 16.1. The second kappa shape index (κ2) is 24.1. The summed E-state index contributed by atoms with van der Waals surface area (Å²) in [7, 11) is -6.32. The monoisotopic (exact) mass is 1020 g/mol. The van der Waals surface area contributed by atoms with E-state index in [9.17, 15) is 21.9 Å². The highest BCUT2D eigenvalue weighted by atomic mass is 32.2. The van der Waals surface area contributed by atoms with Gasteiger partial charge in [0.15, 0.2) is 25.5 Å². The van der Waals surface area contributed by atoms with Gasteiger partial charge in [0.1, 0.15) is 36.9 Å². The van der Waals surface area contributed by atoms with Crippen LogP contribution in [0.1, 0.15) is 164 Å². The van der Waals surface area contributed by atoms with Crippen LogP contribution in [0.2, 0.25) is 0 Å². The van der Waals surface area contributed by atoms with Crippen molar-refractivity contribution in [3.8, 4) is 11.5 Å². The maximum Gasteiger partial charge on any atom is 0.163 e. The third-order valence-corrected chi connectivity index (χ3v) is 20.2. The Hall–Kier alpha value is -3.78. The first-order valence-corrected chi connectivity index (χ1v) is 29.0. The number of rotatable bonds is 21. The number of aliphatic hydroxyl groups excluding tert-OH is 2. The lowest BCUT2D eigenvalue weighted by Crippen LogP contribution is -2.31. The summed E-state index contributed by atoms with van der Waals surface area (Å²) in [6, 6.07) is 25.7.